The SMILES string of the molecule is CC(=O)N(C)CC1CO1. The number of epoxide rings is 1. The third-order valence-electron chi connectivity index (χ3n) is 1.42. The van der Waals surface area contributed by atoms with Gasteiger partial charge < -0.3 is 9.64 Å². The summed E-state index contributed by atoms with van der Waals surface area (Å²) in [6.07, 6.45) is 0.318. The second-order valence-corrected chi connectivity index (χ2v) is 2.35. The lowest BCUT2D eigenvalue weighted by atomic mass is 10.4. The highest BCUT2D eigenvalue weighted by atomic mass is 16.6. The molecule has 9 heavy (non-hydrogen) atoms. The van der Waals surface area contributed by atoms with Crippen LogP contribution in [0.5, 0.6) is 0 Å². The molecule has 1 amide bonds. The number of carbonyl (C=O) groups is 1. The normalized spacial score (nSPS) is 23.6. The summed E-state index contributed by atoms with van der Waals surface area (Å²) >= 11 is 0. The minimum atomic E-state index is 0.102. The van der Waals surface area contributed by atoms with Crippen molar-refractivity contribution in [3.8, 4) is 0 Å². The number of rotatable bonds is 2. The maximum atomic E-state index is 10.6. The fraction of sp³-hybridized carbons (Fsp3) is 0.833. The van der Waals surface area contributed by atoms with E-state index >= 15 is 0 Å². The van der Waals surface area contributed by atoms with Crippen molar-refractivity contribution in [3.63, 3.8) is 0 Å². The lowest BCUT2D eigenvalue weighted by molar-refractivity contribution is -0.127. The number of amides is 1. The van der Waals surface area contributed by atoms with Crippen molar-refractivity contribution < 1.29 is 9.53 Å². The van der Waals surface area contributed by atoms with Crippen LogP contribution in [-0.4, -0.2) is 37.1 Å². The predicted molar refractivity (Wildman–Crippen MR) is 33.1 cm³/mol. The van der Waals surface area contributed by atoms with E-state index in [1.54, 1.807) is 18.9 Å². The van der Waals surface area contributed by atoms with Gasteiger partial charge in [0.25, 0.3) is 0 Å². The predicted octanol–water partition coefficient (Wildman–Crippen LogP) is -0.137. The molecular weight excluding hydrogens is 118 g/mol. The van der Waals surface area contributed by atoms with Gasteiger partial charge in [-0.15, -0.1) is 0 Å². The standard InChI is InChI=1S/C6H11NO2/c1-5(8)7(2)3-6-4-9-6/h6H,3-4H2,1-2H3. The van der Waals surface area contributed by atoms with Crippen LogP contribution in [-0.2, 0) is 9.53 Å². The highest BCUT2D eigenvalue weighted by Crippen LogP contribution is 2.09. The zero-order valence-corrected chi connectivity index (χ0v) is 5.76. The molecule has 1 saturated heterocycles. The number of hydrogen-bond donors (Lipinski definition) is 0. The van der Waals surface area contributed by atoms with Gasteiger partial charge in [-0.25, -0.2) is 0 Å². The van der Waals surface area contributed by atoms with Crippen LogP contribution in [0.15, 0.2) is 0 Å². The van der Waals surface area contributed by atoms with E-state index < -0.39 is 0 Å². The van der Waals surface area contributed by atoms with Crippen molar-refractivity contribution in [1.29, 1.82) is 0 Å². The van der Waals surface area contributed by atoms with E-state index in [-0.39, 0.29) is 5.91 Å². The molecule has 52 valence electrons. The summed E-state index contributed by atoms with van der Waals surface area (Å²) in [5.74, 6) is 0.102. The van der Waals surface area contributed by atoms with Crippen molar-refractivity contribution in [3.05, 3.63) is 0 Å². The lowest BCUT2D eigenvalue weighted by Crippen LogP contribution is -2.27. The molecule has 1 unspecified atom stereocenters. The van der Waals surface area contributed by atoms with Crippen LogP contribution >= 0.6 is 0 Å². The van der Waals surface area contributed by atoms with E-state index in [1.807, 2.05) is 0 Å². The van der Waals surface area contributed by atoms with Crippen LogP contribution in [0.25, 0.3) is 0 Å². The third-order valence-corrected chi connectivity index (χ3v) is 1.42. The first kappa shape index (κ1) is 6.55. The van der Waals surface area contributed by atoms with E-state index in [9.17, 15) is 4.79 Å². The minimum Gasteiger partial charge on any atom is -0.371 e. The Morgan fingerprint density at radius 2 is 2.44 bits per heavy atom. The highest BCUT2D eigenvalue weighted by Gasteiger charge is 2.24. The molecule has 3 heteroatoms. The Bertz CT molecular complexity index is 120. The van der Waals surface area contributed by atoms with Gasteiger partial charge in [-0.2, -0.15) is 0 Å². The lowest BCUT2D eigenvalue weighted by Gasteiger charge is -2.11. The van der Waals surface area contributed by atoms with E-state index in [1.165, 1.54) is 0 Å². The summed E-state index contributed by atoms with van der Waals surface area (Å²) in [5, 5.41) is 0. The van der Waals surface area contributed by atoms with Crippen molar-refractivity contribution >= 4 is 5.91 Å². The molecule has 0 saturated carbocycles. The molecule has 0 radical (unpaired) electrons. The van der Waals surface area contributed by atoms with Crippen molar-refractivity contribution in [2.45, 2.75) is 13.0 Å². The number of nitrogens with zero attached hydrogens (tertiary/aromatic N) is 1. The molecule has 3 nitrogen and oxygen atoms in total. The first-order valence-electron chi connectivity index (χ1n) is 3.03. The summed E-state index contributed by atoms with van der Waals surface area (Å²) in [6, 6.07) is 0. The molecule has 0 N–H and O–H groups in total. The maximum absolute atomic E-state index is 10.6. The first-order chi connectivity index (χ1) is 4.20. The molecule has 0 aromatic heterocycles. The fourth-order valence-corrected chi connectivity index (χ4v) is 0.607. The molecule has 1 rings (SSSR count). The Balaban J connectivity index is 2.16. The molecule has 1 aliphatic heterocycles. The van der Waals surface area contributed by atoms with Crippen molar-refractivity contribution in [2.75, 3.05) is 20.2 Å². The average Bonchev–Trinajstić information content (AvgIpc) is 2.50. The summed E-state index contributed by atoms with van der Waals surface area (Å²) < 4.78 is 4.94. The number of ether oxygens (including phenoxy) is 1. The fourth-order valence-electron chi connectivity index (χ4n) is 0.607. The monoisotopic (exact) mass is 129 g/mol. The van der Waals surface area contributed by atoms with Gasteiger partial charge in [0.15, 0.2) is 0 Å². The van der Waals surface area contributed by atoms with Crippen LogP contribution in [0.4, 0.5) is 0 Å². The Morgan fingerprint density at radius 3 is 2.78 bits per heavy atom. The van der Waals surface area contributed by atoms with E-state index in [0.717, 1.165) is 13.2 Å². The van der Waals surface area contributed by atoms with Crippen LogP contribution in [0.2, 0.25) is 0 Å². The Labute approximate surface area is 54.6 Å². The second-order valence-electron chi connectivity index (χ2n) is 2.35. The van der Waals surface area contributed by atoms with E-state index in [0.29, 0.717) is 6.10 Å². The molecule has 0 spiro atoms. The Kier molecular flexibility index (Phi) is 1.71. The zero-order valence-electron chi connectivity index (χ0n) is 5.76. The van der Waals surface area contributed by atoms with Gasteiger partial charge in [0.2, 0.25) is 5.91 Å². The number of hydrogen-bond acceptors (Lipinski definition) is 2. The van der Waals surface area contributed by atoms with Crippen molar-refractivity contribution in [2.24, 2.45) is 0 Å². The molecular formula is C6H11NO2. The molecule has 1 heterocycles. The molecule has 1 fully saturated rings. The molecule has 0 bridgehead atoms. The van der Waals surface area contributed by atoms with Gasteiger partial charge >= 0.3 is 0 Å². The van der Waals surface area contributed by atoms with Crippen LogP contribution in [0.3, 0.4) is 0 Å². The van der Waals surface area contributed by atoms with Crippen molar-refractivity contribution in [1.82, 2.24) is 4.90 Å². The van der Waals surface area contributed by atoms with Gasteiger partial charge in [0, 0.05) is 20.5 Å². The topological polar surface area (TPSA) is 32.8 Å². The smallest absolute Gasteiger partial charge is 0.219 e. The van der Waals surface area contributed by atoms with Gasteiger partial charge in [0.05, 0.1) is 12.7 Å². The summed E-state index contributed by atoms with van der Waals surface area (Å²) in [7, 11) is 1.78. The van der Waals surface area contributed by atoms with Gasteiger partial charge in [0.1, 0.15) is 0 Å². The summed E-state index contributed by atoms with van der Waals surface area (Å²) in [5.41, 5.74) is 0. The second kappa shape index (κ2) is 2.35. The average molecular weight is 129 g/mol. The number of carbonyl (C=O) groups excluding carboxylic acids is 1. The molecule has 1 aliphatic rings. The largest absolute Gasteiger partial charge is 0.371 e. The molecule has 0 aromatic carbocycles. The highest BCUT2D eigenvalue weighted by molar-refractivity contribution is 5.72. The van der Waals surface area contributed by atoms with Crippen LogP contribution in [0, 0.1) is 0 Å². The van der Waals surface area contributed by atoms with E-state index in [4.69, 9.17) is 4.74 Å². The first-order valence-corrected chi connectivity index (χ1v) is 3.03. The Morgan fingerprint density at radius 1 is 1.89 bits per heavy atom. The van der Waals surface area contributed by atoms with Gasteiger partial charge in [-0.1, -0.05) is 0 Å². The quantitative estimate of drug-likeness (QED) is 0.486. The van der Waals surface area contributed by atoms with Crippen LogP contribution in [0.1, 0.15) is 6.92 Å². The minimum absolute atomic E-state index is 0.102. The molecule has 0 aliphatic carbocycles. The summed E-state index contributed by atoms with van der Waals surface area (Å²) in [6.45, 7) is 3.12. The van der Waals surface area contributed by atoms with E-state index in [2.05, 4.69) is 0 Å². The molecule has 0 aromatic rings. The molecule has 1 atom stereocenters. The van der Waals surface area contributed by atoms with Gasteiger partial charge in [-0.05, 0) is 0 Å². The maximum Gasteiger partial charge on any atom is 0.219 e. The van der Waals surface area contributed by atoms with Gasteiger partial charge in [-0.3, -0.25) is 4.79 Å². The Hall–Kier alpha value is -0.570. The number of likely N-dealkylation sites (N-methyl/N-ethyl adjacent to an activating group) is 1. The third kappa shape index (κ3) is 2.01. The summed E-state index contributed by atoms with van der Waals surface area (Å²) in [4.78, 5) is 12.2. The zero-order chi connectivity index (χ0) is 6.85. The van der Waals surface area contributed by atoms with Crippen LogP contribution < -0.4 is 0 Å².